The first-order valence-corrected chi connectivity index (χ1v) is 5.47. The summed E-state index contributed by atoms with van der Waals surface area (Å²) in [5.41, 5.74) is 0. The highest BCUT2D eigenvalue weighted by atomic mass is 79.9. The molecule has 0 saturated carbocycles. The molecule has 2 heteroatoms. The van der Waals surface area contributed by atoms with Gasteiger partial charge in [0.2, 0.25) is 0 Å². The lowest BCUT2D eigenvalue weighted by Gasteiger charge is -2.32. The number of ether oxygens (including phenoxy) is 1. The van der Waals surface area contributed by atoms with Gasteiger partial charge in [0.05, 0.1) is 12.2 Å². The fourth-order valence-corrected chi connectivity index (χ4v) is 2.41. The zero-order chi connectivity index (χ0) is 8.27. The predicted octanol–water partition coefficient (Wildman–Crippen LogP) is 3.12. The number of halogens is 1. The van der Waals surface area contributed by atoms with Crippen molar-refractivity contribution in [3.63, 3.8) is 0 Å². The first-order valence-electron chi connectivity index (χ1n) is 4.55. The van der Waals surface area contributed by atoms with Gasteiger partial charge in [-0.1, -0.05) is 29.8 Å². The maximum Gasteiger partial charge on any atom is 0.0587 e. The topological polar surface area (TPSA) is 9.23 Å². The summed E-state index contributed by atoms with van der Waals surface area (Å²) in [6.07, 6.45) is 5.67. The van der Waals surface area contributed by atoms with Crippen molar-refractivity contribution in [2.75, 3.05) is 0 Å². The summed E-state index contributed by atoms with van der Waals surface area (Å²) in [5.74, 6) is 0. The molecular formula is C9H17BrO. The largest absolute Gasteiger partial charge is 0.375 e. The molecule has 0 spiro atoms. The van der Waals surface area contributed by atoms with Crippen LogP contribution in [-0.4, -0.2) is 17.0 Å². The minimum atomic E-state index is 0.498. The zero-order valence-electron chi connectivity index (χ0n) is 7.35. The summed E-state index contributed by atoms with van der Waals surface area (Å²) in [7, 11) is 0. The van der Waals surface area contributed by atoms with Crippen LogP contribution < -0.4 is 0 Å². The van der Waals surface area contributed by atoms with Crippen molar-refractivity contribution in [3.8, 4) is 0 Å². The van der Waals surface area contributed by atoms with E-state index >= 15 is 0 Å². The van der Waals surface area contributed by atoms with Gasteiger partial charge in [0.25, 0.3) is 0 Å². The molecule has 1 saturated heterocycles. The Morgan fingerprint density at radius 1 is 1.18 bits per heavy atom. The fraction of sp³-hybridized carbons (Fsp3) is 1.00. The van der Waals surface area contributed by atoms with Gasteiger partial charge >= 0.3 is 0 Å². The van der Waals surface area contributed by atoms with Gasteiger partial charge in [0, 0.05) is 4.83 Å². The Morgan fingerprint density at radius 2 is 1.64 bits per heavy atom. The normalized spacial score (nSPS) is 39.0. The molecule has 0 aliphatic carbocycles. The van der Waals surface area contributed by atoms with Crippen LogP contribution in [0, 0.1) is 0 Å². The Labute approximate surface area is 77.6 Å². The number of hydrogen-bond acceptors (Lipinski definition) is 1. The van der Waals surface area contributed by atoms with Crippen LogP contribution in [0.25, 0.3) is 0 Å². The lowest BCUT2D eigenvalue weighted by Crippen LogP contribution is -2.32. The fourth-order valence-electron chi connectivity index (χ4n) is 1.58. The first kappa shape index (κ1) is 9.53. The van der Waals surface area contributed by atoms with Crippen LogP contribution in [0.5, 0.6) is 0 Å². The maximum atomic E-state index is 5.83. The van der Waals surface area contributed by atoms with Crippen LogP contribution in [0.1, 0.15) is 39.5 Å². The second-order valence-electron chi connectivity index (χ2n) is 3.27. The molecular weight excluding hydrogens is 204 g/mol. The minimum Gasteiger partial charge on any atom is -0.375 e. The van der Waals surface area contributed by atoms with E-state index in [2.05, 4.69) is 29.8 Å². The van der Waals surface area contributed by atoms with Crippen LogP contribution >= 0.6 is 15.9 Å². The van der Waals surface area contributed by atoms with Crippen molar-refractivity contribution >= 4 is 15.9 Å². The molecule has 1 aliphatic heterocycles. The summed E-state index contributed by atoms with van der Waals surface area (Å²) in [6, 6.07) is 0. The van der Waals surface area contributed by atoms with Crippen LogP contribution in [0.3, 0.4) is 0 Å². The van der Waals surface area contributed by atoms with Crippen LogP contribution in [0.4, 0.5) is 0 Å². The second-order valence-corrected chi connectivity index (χ2v) is 4.56. The van der Waals surface area contributed by atoms with E-state index in [1.54, 1.807) is 0 Å². The Kier molecular flexibility index (Phi) is 3.86. The third kappa shape index (κ3) is 2.75. The lowest BCUT2D eigenvalue weighted by molar-refractivity contribution is -0.0483. The lowest BCUT2D eigenvalue weighted by atomic mass is 10.0. The Morgan fingerprint density at radius 3 is 2.00 bits per heavy atom. The van der Waals surface area contributed by atoms with Crippen LogP contribution in [-0.2, 0) is 4.74 Å². The molecule has 0 amide bonds. The van der Waals surface area contributed by atoms with Gasteiger partial charge in [-0.05, 0) is 25.7 Å². The Bertz CT molecular complexity index is 104. The number of hydrogen-bond donors (Lipinski definition) is 0. The van der Waals surface area contributed by atoms with Gasteiger partial charge in [0.15, 0.2) is 0 Å². The maximum absolute atomic E-state index is 5.83. The first-order chi connectivity index (χ1) is 5.26. The molecule has 0 aromatic heterocycles. The molecule has 2 unspecified atom stereocenters. The quantitative estimate of drug-likeness (QED) is 0.651. The highest BCUT2D eigenvalue weighted by molar-refractivity contribution is 9.09. The van der Waals surface area contributed by atoms with Crippen molar-refractivity contribution in [2.45, 2.75) is 56.6 Å². The average Bonchev–Trinajstić information content (AvgIpc) is 2.03. The Hall–Kier alpha value is 0.440. The van der Waals surface area contributed by atoms with Crippen molar-refractivity contribution in [1.82, 2.24) is 0 Å². The van der Waals surface area contributed by atoms with Crippen molar-refractivity contribution in [2.24, 2.45) is 0 Å². The SMILES string of the molecule is CCC1CC(Br)CC(CC)O1. The molecule has 0 radical (unpaired) electrons. The standard InChI is InChI=1S/C9H17BrO/c1-3-8-5-7(10)6-9(4-2)11-8/h7-9H,3-6H2,1-2H3. The van der Waals surface area contributed by atoms with Gasteiger partial charge in [-0.25, -0.2) is 0 Å². The molecule has 66 valence electrons. The second kappa shape index (κ2) is 4.46. The molecule has 0 bridgehead atoms. The van der Waals surface area contributed by atoms with E-state index in [1.165, 1.54) is 12.8 Å². The van der Waals surface area contributed by atoms with E-state index in [4.69, 9.17) is 4.74 Å². The molecule has 2 atom stereocenters. The van der Waals surface area contributed by atoms with E-state index in [0.717, 1.165) is 12.8 Å². The molecule has 1 rings (SSSR count). The number of rotatable bonds is 2. The van der Waals surface area contributed by atoms with Gasteiger partial charge < -0.3 is 4.74 Å². The van der Waals surface area contributed by atoms with E-state index in [-0.39, 0.29) is 0 Å². The third-order valence-corrected chi connectivity index (χ3v) is 3.08. The molecule has 1 fully saturated rings. The molecule has 11 heavy (non-hydrogen) atoms. The van der Waals surface area contributed by atoms with Gasteiger partial charge in [-0.2, -0.15) is 0 Å². The third-order valence-electron chi connectivity index (χ3n) is 2.33. The molecule has 1 nitrogen and oxygen atoms in total. The molecule has 0 N–H and O–H groups in total. The monoisotopic (exact) mass is 220 g/mol. The Balaban J connectivity index is 2.37. The summed E-state index contributed by atoms with van der Waals surface area (Å²) >= 11 is 3.67. The van der Waals surface area contributed by atoms with Gasteiger partial charge in [0.1, 0.15) is 0 Å². The van der Waals surface area contributed by atoms with Crippen molar-refractivity contribution in [1.29, 1.82) is 0 Å². The molecule has 0 aromatic rings. The smallest absolute Gasteiger partial charge is 0.0587 e. The average molecular weight is 221 g/mol. The van der Waals surface area contributed by atoms with Gasteiger partial charge in [-0.15, -0.1) is 0 Å². The van der Waals surface area contributed by atoms with Gasteiger partial charge in [-0.3, -0.25) is 0 Å². The predicted molar refractivity (Wildman–Crippen MR) is 51.2 cm³/mol. The highest BCUT2D eigenvalue weighted by Gasteiger charge is 2.25. The van der Waals surface area contributed by atoms with Crippen molar-refractivity contribution < 1.29 is 4.74 Å². The molecule has 0 aromatic carbocycles. The van der Waals surface area contributed by atoms with Crippen LogP contribution in [0.15, 0.2) is 0 Å². The molecule has 1 aliphatic rings. The number of alkyl halides is 1. The molecule has 1 heterocycles. The van der Waals surface area contributed by atoms with Crippen molar-refractivity contribution in [3.05, 3.63) is 0 Å². The van der Waals surface area contributed by atoms with E-state index in [1.807, 2.05) is 0 Å². The van der Waals surface area contributed by atoms with E-state index < -0.39 is 0 Å². The summed E-state index contributed by atoms with van der Waals surface area (Å²) in [6.45, 7) is 4.39. The minimum absolute atomic E-state index is 0.498. The zero-order valence-corrected chi connectivity index (χ0v) is 8.93. The summed E-state index contributed by atoms with van der Waals surface area (Å²) in [4.78, 5) is 0.686. The summed E-state index contributed by atoms with van der Waals surface area (Å²) < 4.78 is 5.83. The van der Waals surface area contributed by atoms with E-state index in [0.29, 0.717) is 17.0 Å². The van der Waals surface area contributed by atoms with Crippen LogP contribution in [0.2, 0.25) is 0 Å². The summed E-state index contributed by atoms with van der Waals surface area (Å²) in [5, 5.41) is 0. The van der Waals surface area contributed by atoms with E-state index in [9.17, 15) is 0 Å². The highest BCUT2D eigenvalue weighted by Crippen LogP contribution is 2.27.